The van der Waals surface area contributed by atoms with E-state index in [0.717, 1.165) is 38.4 Å². The highest BCUT2D eigenvalue weighted by Gasteiger charge is 2.20. The van der Waals surface area contributed by atoms with Crippen LogP contribution >= 0.6 is 11.3 Å². The van der Waals surface area contributed by atoms with E-state index in [4.69, 9.17) is 4.74 Å². The number of piperidine rings is 1. The van der Waals surface area contributed by atoms with Crippen LogP contribution in [0.5, 0.6) is 5.75 Å². The summed E-state index contributed by atoms with van der Waals surface area (Å²) in [6.45, 7) is 5.66. The Kier molecular flexibility index (Phi) is 7.68. The molecular formula is C21H29FN4OS. The summed E-state index contributed by atoms with van der Waals surface area (Å²) in [6.07, 6.45) is 2.00. The molecule has 2 heterocycles. The third-order valence-electron chi connectivity index (χ3n) is 4.86. The molecule has 152 valence electrons. The summed E-state index contributed by atoms with van der Waals surface area (Å²) >= 11 is 1.75. The van der Waals surface area contributed by atoms with E-state index >= 15 is 0 Å². The standard InChI is InChI=1S/C21H29FN4OS/c1-16(27-20-6-4-3-5-19(20)22)13-24-21(23-2)25-18-7-10-26(11-8-18)14-17-9-12-28-15-17/h3-6,9,12,15-16,18H,7-8,10-11,13-14H2,1-2H3,(H2,23,24,25). The van der Waals surface area contributed by atoms with Gasteiger partial charge in [-0.2, -0.15) is 11.3 Å². The van der Waals surface area contributed by atoms with Crippen molar-refractivity contribution in [1.29, 1.82) is 0 Å². The van der Waals surface area contributed by atoms with E-state index in [9.17, 15) is 4.39 Å². The average Bonchev–Trinajstić information content (AvgIpc) is 3.21. The molecule has 1 aromatic carbocycles. The lowest BCUT2D eigenvalue weighted by molar-refractivity contribution is 0.197. The van der Waals surface area contributed by atoms with E-state index in [0.29, 0.717) is 12.6 Å². The monoisotopic (exact) mass is 404 g/mol. The van der Waals surface area contributed by atoms with Crippen LogP contribution in [0.25, 0.3) is 0 Å². The van der Waals surface area contributed by atoms with Crippen LogP contribution in [0.3, 0.4) is 0 Å². The van der Waals surface area contributed by atoms with Gasteiger partial charge in [0.05, 0.1) is 6.54 Å². The second-order valence-corrected chi connectivity index (χ2v) is 7.92. The molecule has 0 aliphatic carbocycles. The maximum Gasteiger partial charge on any atom is 0.191 e. The zero-order chi connectivity index (χ0) is 19.8. The van der Waals surface area contributed by atoms with Crippen molar-refractivity contribution in [3.63, 3.8) is 0 Å². The maximum absolute atomic E-state index is 13.7. The molecule has 2 aromatic rings. The van der Waals surface area contributed by atoms with Crippen LogP contribution in [0.4, 0.5) is 4.39 Å². The van der Waals surface area contributed by atoms with Gasteiger partial charge in [-0.1, -0.05) is 12.1 Å². The molecule has 0 radical (unpaired) electrons. The summed E-state index contributed by atoms with van der Waals surface area (Å²) in [5.41, 5.74) is 1.40. The predicted molar refractivity (Wildman–Crippen MR) is 114 cm³/mol. The average molecular weight is 405 g/mol. The number of hydrogen-bond acceptors (Lipinski definition) is 4. The molecule has 0 bridgehead atoms. The van der Waals surface area contributed by atoms with Gasteiger partial charge in [-0.25, -0.2) is 4.39 Å². The normalized spacial score (nSPS) is 17.3. The smallest absolute Gasteiger partial charge is 0.191 e. The number of hydrogen-bond donors (Lipinski definition) is 2. The van der Waals surface area contributed by atoms with Crippen LogP contribution in [-0.2, 0) is 6.54 Å². The van der Waals surface area contributed by atoms with Crippen molar-refractivity contribution in [2.45, 2.75) is 38.5 Å². The Labute approximate surface area is 170 Å². The predicted octanol–water partition coefficient (Wildman–Crippen LogP) is 3.48. The van der Waals surface area contributed by atoms with E-state index < -0.39 is 0 Å². The summed E-state index contributed by atoms with van der Waals surface area (Å²) in [6, 6.07) is 9.08. The molecule has 2 N–H and O–H groups in total. The first-order chi connectivity index (χ1) is 13.6. The fourth-order valence-corrected chi connectivity index (χ4v) is 3.96. The minimum atomic E-state index is -0.342. The number of halogens is 1. The summed E-state index contributed by atoms with van der Waals surface area (Å²) in [7, 11) is 1.77. The van der Waals surface area contributed by atoms with Gasteiger partial charge in [0.15, 0.2) is 17.5 Å². The van der Waals surface area contributed by atoms with Crippen molar-refractivity contribution in [1.82, 2.24) is 15.5 Å². The number of ether oxygens (including phenoxy) is 1. The van der Waals surface area contributed by atoms with Gasteiger partial charge in [0.25, 0.3) is 0 Å². The van der Waals surface area contributed by atoms with Gasteiger partial charge < -0.3 is 15.4 Å². The van der Waals surface area contributed by atoms with Crippen LogP contribution in [0.1, 0.15) is 25.3 Å². The highest BCUT2D eigenvalue weighted by Crippen LogP contribution is 2.17. The first-order valence-corrected chi connectivity index (χ1v) is 10.7. The molecular weight excluding hydrogens is 375 g/mol. The third kappa shape index (κ3) is 6.21. The number of guanidine groups is 1. The van der Waals surface area contributed by atoms with Gasteiger partial charge >= 0.3 is 0 Å². The number of rotatable bonds is 7. The van der Waals surface area contributed by atoms with Gasteiger partial charge in [0.2, 0.25) is 0 Å². The third-order valence-corrected chi connectivity index (χ3v) is 5.59. The van der Waals surface area contributed by atoms with Crippen LogP contribution in [0.2, 0.25) is 0 Å². The second-order valence-electron chi connectivity index (χ2n) is 7.14. The molecule has 0 saturated carbocycles. The first kappa shape index (κ1) is 20.6. The highest BCUT2D eigenvalue weighted by atomic mass is 32.1. The number of nitrogens with zero attached hydrogens (tertiary/aromatic N) is 2. The SMILES string of the molecule is CN=C(NCC(C)Oc1ccccc1F)NC1CCN(Cc2ccsc2)CC1. The Balaban J connectivity index is 1.38. The van der Waals surface area contributed by atoms with E-state index in [-0.39, 0.29) is 17.7 Å². The van der Waals surface area contributed by atoms with E-state index in [1.807, 2.05) is 6.92 Å². The lowest BCUT2D eigenvalue weighted by atomic mass is 10.0. The van der Waals surface area contributed by atoms with E-state index in [1.165, 1.54) is 11.6 Å². The van der Waals surface area contributed by atoms with Crippen molar-refractivity contribution < 1.29 is 9.13 Å². The quantitative estimate of drug-likeness (QED) is 0.548. The number of thiophene rings is 1. The number of aliphatic imine (C=N–C) groups is 1. The van der Waals surface area contributed by atoms with Crippen LogP contribution in [0, 0.1) is 5.82 Å². The summed E-state index contributed by atoms with van der Waals surface area (Å²) in [5, 5.41) is 11.1. The van der Waals surface area contributed by atoms with Crippen molar-refractivity contribution in [3.8, 4) is 5.75 Å². The Morgan fingerprint density at radius 3 is 2.79 bits per heavy atom. The van der Waals surface area contributed by atoms with Crippen LogP contribution in [0.15, 0.2) is 46.1 Å². The Morgan fingerprint density at radius 2 is 2.11 bits per heavy atom. The van der Waals surface area contributed by atoms with Gasteiger partial charge in [-0.3, -0.25) is 9.89 Å². The molecule has 1 aliphatic heterocycles. The topological polar surface area (TPSA) is 48.9 Å². The number of para-hydroxylation sites is 1. The minimum Gasteiger partial charge on any atom is -0.486 e. The number of nitrogens with one attached hydrogen (secondary N) is 2. The molecule has 7 heteroatoms. The summed E-state index contributed by atoms with van der Waals surface area (Å²) in [4.78, 5) is 6.81. The Hall–Kier alpha value is -2.12. The zero-order valence-electron chi connectivity index (χ0n) is 16.5. The number of benzene rings is 1. The molecule has 5 nitrogen and oxygen atoms in total. The minimum absolute atomic E-state index is 0.178. The van der Waals surface area contributed by atoms with Crippen molar-refractivity contribution in [2.75, 3.05) is 26.7 Å². The van der Waals surface area contributed by atoms with Crippen molar-refractivity contribution >= 4 is 17.3 Å². The molecule has 1 unspecified atom stereocenters. The number of likely N-dealkylation sites (tertiary alicyclic amines) is 1. The molecule has 1 fully saturated rings. The van der Waals surface area contributed by atoms with Gasteiger partial charge in [0.1, 0.15) is 6.10 Å². The van der Waals surface area contributed by atoms with Gasteiger partial charge in [-0.15, -0.1) is 0 Å². The largest absolute Gasteiger partial charge is 0.486 e. The van der Waals surface area contributed by atoms with Crippen LogP contribution in [-0.4, -0.2) is 49.7 Å². The van der Waals surface area contributed by atoms with Crippen LogP contribution < -0.4 is 15.4 Å². The van der Waals surface area contributed by atoms with E-state index in [1.54, 1.807) is 36.6 Å². The molecule has 0 amide bonds. The fraction of sp³-hybridized carbons (Fsp3) is 0.476. The van der Waals surface area contributed by atoms with Crippen molar-refractivity contribution in [3.05, 3.63) is 52.5 Å². The summed E-state index contributed by atoms with van der Waals surface area (Å²) in [5.74, 6) is 0.698. The molecule has 1 aromatic heterocycles. The fourth-order valence-electron chi connectivity index (χ4n) is 3.30. The lowest BCUT2D eigenvalue weighted by Gasteiger charge is -2.33. The first-order valence-electron chi connectivity index (χ1n) is 9.76. The molecule has 1 saturated heterocycles. The molecule has 0 spiro atoms. The van der Waals surface area contributed by atoms with Gasteiger partial charge in [-0.05, 0) is 54.3 Å². The molecule has 28 heavy (non-hydrogen) atoms. The molecule has 3 rings (SSSR count). The Bertz CT molecular complexity index is 745. The highest BCUT2D eigenvalue weighted by molar-refractivity contribution is 7.07. The Morgan fingerprint density at radius 1 is 1.32 bits per heavy atom. The zero-order valence-corrected chi connectivity index (χ0v) is 17.3. The summed E-state index contributed by atoms with van der Waals surface area (Å²) < 4.78 is 19.4. The molecule has 1 aliphatic rings. The molecule has 1 atom stereocenters. The lowest BCUT2D eigenvalue weighted by Crippen LogP contribution is -2.49. The van der Waals surface area contributed by atoms with Gasteiger partial charge in [0, 0.05) is 32.7 Å². The second kappa shape index (κ2) is 10.4. The van der Waals surface area contributed by atoms with Crippen molar-refractivity contribution in [2.24, 2.45) is 4.99 Å². The van der Waals surface area contributed by atoms with E-state index in [2.05, 4.69) is 37.4 Å². The maximum atomic E-state index is 13.7.